The summed E-state index contributed by atoms with van der Waals surface area (Å²) in [6.07, 6.45) is 1.70. The molecule has 0 aliphatic carbocycles. The third kappa shape index (κ3) is 3.81. The number of Topliss-reactive ketones (excluding diaryl/α,β-unsaturated/α-hetero) is 1. The predicted octanol–water partition coefficient (Wildman–Crippen LogP) is 3.07. The number of piperazine rings is 1. The number of ketones is 1. The van der Waals surface area contributed by atoms with Gasteiger partial charge >= 0.3 is 0 Å². The zero-order chi connectivity index (χ0) is 20.5. The van der Waals surface area contributed by atoms with Crippen LogP contribution >= 0.6 is 0 Å². The second-order valence-corrected chi connectivity index (χ2v) is 7.11. The predicted molar refractivity (Wildman–Crippen MR) is 107 cm³/mol. The lowest BCUT2D eigenvalue weighted by Crippen LogP contribution is -2.47. The maximum absolute atomic E-state index is 14.4. The lowest BCUT2D eigenvalue weighted by atomic mass is 10.1. The van der Waals surface area contributed by atoms with Gasteiger partial charge in [-0.25, -0.2) is 4.39 Å². The summed E-state index contributed by atoms with van der Waals surface area (Å²) < 4.78 is 16.1. The van der Waals surface area contributed by atoms with Crippen molar-refractivity contribution in [2.24, 2.45) is 0 Å². The Hall–Kier alpha value is -3.33. The molecule has 1 aliphatic rings. The fourth-order valence-electron chi connectivity index (χ4n) is 3.59. The van der Waals surface area contributed by atoms with E-state index in [0.717, 1.165) is 5.39 Å². The van der Waals surface area contributed by atoms with Gasteiger partial charge in [0.25, 0.3) is 5.69 Å². The van der Waals surface area contributed by atoms with Gasteiger partial charge in [-0.1, -0.05) is 0 Å². The number of nitro benzene ring substituents is 1. The van der Waals surface area contributed by atoms with Crippen molar-refractivity contribution in [3.05, 3.63) is 64.1 Å². The molecule has 0 N–H and O–H groups in total. The van der Waals surface area contributed by atoms with E-state index in [9.17, 15) is 19.3 Å². The van der Waals surface area contributed by atoms with Crippen molar-refractivity contribution in [2.75, 3.05) is 31.1 Å². The Morgan fingerprint density at radius 3 is 2.59 bits per heavy atom. The first-order valence-corrected chi connectivity index (χ1v) is 9.30. The normalized spacial score (nSPS) is 15.0. The van der Waals surface area contributed by atoms with Gasteiger partial charge in [-0.15, -0.1) is 0 Å². The number of anilines is 1. The minimum atomic E-state index is -0.415. The van der Waals surface area contributed by atoms with Gasteiger partial charge < -0.3 is 4.90 Å². The number of carbonyl (C=O) groups excluding carboxylic acids is 1. The molecule has 8 nitrogen and oxygen atoms in total. The molecule has 0 unspecified atom stereocenters. The Morgan fingerprint density at radius 2 is 1.93 bits per heavy atom. The summed E-state index contributed by atoms with van der Waals surface area (Å²) in [5.41, 5.74) is 1.61. The molecule has 4 rings (SSSR count). The van der Waals surface area contributed by atoms with E-state index >= 15 is 0 Å². The number of nitrogens with zero attached hydrogens (tertiary/aromatic N) is 5. The number of fused-ring (bicyclic) bond motifs is 1. The zero-order valence-corrected chi connectivity index (χ0v) is 15.9. The van der Waals surface area contributed by atoms with Gasteiger partial charge in [0, 0.05) is 49.3 Å². The third-order valence-electron chi connectivity index (χ3n) is 5.24. The van der Waals surface area contributed by atoms with Crippen molar-refractivity contribution < 1.29 is 14.1 Å². The third-order valence-corrected chi connectivity index (χ3v) is 5.24. The first kappa shape index (κ1) is 19.0. The maximum Gasteiger partial charge on any atom is 0.271 e. The fourth-order valence-corrected chi connectivity index (χ4v) is 3.59. The Balaban J connectivity index is 1.44. The molecular formula is C20H20FN5O3. The number of aromatic nitrogens is 2. The van der Waals surface area contributed by atoms with Gasteiger partial charge in [0.05, 0.1) is 29.0 Å². The van der Waals surface area contributed by atoms with Crippen LogP contribution in [0.5, 0.6) is 0 Å². The van der Waals surface area contributed by atoms with E-state index < -0.39 is 10.7 Å². The Morgan fingerprint density at radius 1 is 1.17 bits per heavy atom. The van der Waals surface area contributed by atoms with Crippen LogP contribution in [0.1, 0.15) is 17.3 Å². The zero-order valence-electron chi connectivity index (χ0n) is 15.9. The summed E-state index contributed by atoms with van der Waals surface area (Å²) in [7, 11) is 0. The van der Waals surface area contributed by atoms with Crippen molar-refractivity contribution in [1.82, 2.24) is 14.7 Å². The first-order chi connectivity index (χ1) is 13.9. The molecule has 1 aliphatic heterocycles. The highest BCUT2D eigenvalue weighted by molar-refractivity contribution is 5.94. The Labute approximate surface area is 166 Å². The average molecular weight is 397 g/mol. The smallest absolute Gasteiger partial charge is 0.271 e. The molecule has 0 radical (unpaired) electrons. The van der Waals surface area contributed by atoms with E-state index in [1.54, 1.807) is 29.1 Å². The van der Waals surface area contributed by atoms with E-state index in [1.807, 2.05) is 4.90 Å². The fraction of sp³-hybridized carbons (Fsp3) is 0.300. The molecule has 1 aromatic heterocycles. The molecule has 0 bridgehead atoms. The van der Waals surface area contributed by atoms with Gasteiger partial charge in [-0.2, -0.15) is 5.10 Å². The number of hydrogen-bond acceptors (Lipinski definition) is 6. The second kappa shape index (κ2) is 7.59. The molecule has 29 heavy (non-hydrogen) atoms. The minimum Gasteiger partial charge on any atom is -0.367 e. The Kier molecular flexibility index (Phi) is 4.98. The van der Waals surface area contributed by atoms with Crippen molar-refractivity contribution in [3.63, 3.8) is 0 Å². The topological polar surface area (TPSA) is 84.5 Å². The summed E-state index contributed by atoms with van der Waals surface area (Å²) in [6, 6.07) is 9.29. The number of rotatable bonds is 5. The lowest BCUT2D eigenvalue weighted by Gasteiger charge is -2.36. The standard InChI is InChI=1S/C20H20FN5O3/c1-14(27)15-3-5-19(18(21)10-15)24-8-6-23(7-9-24)13-25-20-11-17(26(28)29)4-2-16(20)12-22-25/h2-5,10-12H,6-9,13H2,1H3. The summed E-state index contributed by atoms with van der Waals surface area (Å²) >= 11 is 0. The number of hydrogen-bond donors (Lipinski definition) is 0. The molecule has 0 atom stereocenters. The van der Waals surface area contributed by atoms with E-state index in [-0.39, 0.29) is 11.5 Å². The molecule has 9 heteroatoms. The van der Waals surface area contributed by atoms with E-state index in [4.69, 9.17) is 0 Å². The van der Waals surface area contributed by atoms with Gasteiger partial charge in [0.2, 0.25) is 0 Å². The van der Waals surface area contributed by atoms with Crippen molar-refractivity contribution in [3.8, 4) is 0 Å². The van der Waals surface area contributed by atoms with Crippen LogP contribution in [-0.2, 0) is 6.67 Å². The van der Waals surface area contributed by atoms with Gasteiger partial charge in [0.1, 0.15) is 5.82 Å². The highest BCUT2D eigenvalue weighted by Crippen LogP contribution is 2.24. The highest BCUT2D eigenvalue weighted by atomic mass is 19.1. The first-order valence-electron chi connectivity index (χ1n) is 9.30. The van der Waals surface area contributed by atoms with E-state index in [2.05, 4.69) is 10.00 Å². The van der Waals surface area contributed by atoms with Crippen LogP contribution in [0.15, 0.2) is 42.6 Å². The molecule has 150 valence electrons. The summed E-state index contributed by atoms with van der Waals surface area (Å²) in [6.45, 7) is 4.59. The van der Waals surface area contributed by atoms with Crippen LogP contribution in [0.3, 0.4) is 0 Å². The second-order valence-electron chi connectivity index (χ2n) is 7.11. The average Bonchev–Trinajstić information content (AvgIpc) is 3.10. The molecule has 3 aromatic rings. The van der Waals surface area contributed by atoms with E-state index in [1.165, 1.54) is 25.1 Å². The molecule has 1 fully saturated rings. The highest BCUT2D eigenvalue weighted by Gasteiger charge is 2.21. The molecule has 1 saturated heterocycles. The Bertz CT molecular complexity index is 1090. The number of benzene rings is 2. The lowest BCUT2D eigenvalue weighted by molar-refractivity contribution is -0.384. The SMILES string of the molecule is CC(=O)c1ccc(N2CCN(Cn3ncc4ccc([N+](=O)[O-])cc43)CC2)c(F)c1. The number of halogens is 1. The minimum absolute atomic E-state index is 0.0357. The summed E-state index contributed by atoms with van der Waals surface area (Å²) in [4.78, 5) is 26.1. The number of nitro groups is 1. The van der Waals surface area contributed by atoms with Crippen molar-refractivity contribution >= 4 is 28.1 Å². The van der Waals surface area contributed by atoms with Crippen molar-refractivity contribution in [2.45, 2.75) is 13.6 Å². The van der Waals surface area contributed by atoms with Crippen molar-refractivity contribution in [1.29, 1.82) is 0 Å². The van der Waals surface area contributed by atoms with Crippen LogP contribution in [0.2, 0.25) is 0 Å². The number of non-ortho nitro benzene ring substituents is 1. The molecule has 0 amide bonds. The van der Waals surface area contributed by atoms with Crippen LogP contribution in [0.25, 0.3) is 10.9 Å². The summed E-state index contributed by atoms with van der Waals surface area (Å²) in [5.74, 6) is -0.552. The summed E-state index contributed by atoms with van der Waals surface area (Å²) in [5, 5.41) is 16.2. The van der Waals surface area contributed by atoms with Crippen LogP contribution in [-0.4, -0.2) is 51.6 Å². The molecule has 0 saturated carbocycles. The maximum atomic E-state index is 14.4. The molecule has 2 aromatic carbocycles. The monoisotopic (exact) mass is 397 g/mol. The van der Waals surface area contributed by atoms with Gasteiger partial charge in [-0.05, 0) is 31.2 Å². The van der Waals surface area contributed by atoms with Crippen LogP contribution < -0.4 is 4.90 Å². The largest absolute Gasteiger partial charge is 0.367 e. The molecular weight excluding hydrogens is 377 g/mol. The van der Waals surface area contributed by atoms with Crippen LogP contribution in [0, 0.1) is 15.9 Å². The molecule has 2 heterocycles. The van der Waals surface area contributed by atoms with E-state index in [0.29, 0.717) is 49.6 Å². The molecule has 0 spiro atoms. The van der Waals surface area contributed by atoms with Gasteiger partial charge in [-0.3, -0.25) is 24.5 Å². The quantitative estimate of drug-likeness (QED) is 0.374. The van der Waals surface area contributed by atoms with Gasteiger partial charge in [0.15, 0.2) is 5.78 Å². The number of carbonyl (C=O) groups is 1. The van der Waals surface area contributed by atoms with Crippen LogP contribution in [0.4, 0.5) is 15.8 Å².